The van der Waals surface area contributed by atoms with Crippen molar-refractivity contribution in [2.24, 2.45) is 0 Å². The fraction of sp³-hybridized carbons (Fsp3) is 0.250. The fourth-order valence-electron chi connectivity index (χ4n) is 3.75. The minimum atomic E-state index is 0.412. The van der Waals surface area contributed by atoms with Gasteiger partial charge in [0.2, 0.25) is 0 Å². The third-order valence-corrected chi connectivity index (χ3v) is 5.88. The number of nitriles is 1. The summed E-state index contributed by atoms with van der Waals surface area (Å²) in [5.41, 5.74) is 12.2. The molecule has 0 radical (unpaired) electrons. The van der Waals surface area contributed by atoms with Crippen molar-refractivity contribution >= 4 is 38.4 Å². The number of pyridine rings is 1. The summed E-state index contributed by atoms with van der Waals surface area (Å²) in [5, 5.41) is 11.5. The smallest absolute Gasteiger partial charge is 0.172 e. The van der Waals surface area contributed by atoms with Crippen LogP contribution in [0.2, 0.25) is 0 Å². The van der Waals surface area contributed by atoms with Gasteiger partial charge in [-0.15, -0.1) is 11.3 Å². The Labute approximate surface area is 160 Å². The van der Waals surface area contributed by atoms with E-state index in [0.717, 1.165) is 48.9 Å². The lowest BCUT2D eigenvalue weighted by Crippen LogP contribution is -2.06. The Hall–Kier alpha value is -3.11. The Balaban J connectivity index is 2.30. The molecule has 0 spiro atoms. The zero-order chi connectivity index (χ0) is 19.5. The van der Waals surface area contributed by atoms with Crippen molar-refractivity contribution in [3.63, 3.8) is 0 Å². The number of thiazole rings is 1. The van der Waals surface area contributed by atoms with Crippen molar-refractivity contribution < 1.29 is 4.74 Å². The van der Waals surface area contributed by atoms with Crippen molar-refractivity contribution in [3.8, 4) is 17.5 Å². The highest BCUT2D eigenvalue weighted by atomic mass is 32.1. The Morgan fingerprint density at radius 1 is 1.19 bits per heavy atom. The number of anilines is 1. The minimum absolute atomic E-state index is 0.412. The number of nitrogens with zero attached hydrogens (tertiary/aromatic N) is 4. The maximum atomic E-state index is 9.81. The highest BCUT2D eigenvalue weighted by Gasteiger charge is 2.25. The third-order valence-electron chi connectivity index (χ3n) is 4.91. The lowest BCUT2D eigenvalue weighted by molar-refractivity contribution is 0.411. The molecule has 0 unspecified atom stereocenters. The average Bonchev–Trinajstić information content (AvgIpc) is 3.13. The molecular weight excluding hydrogens is 358 g/mol. The first-order valence-electron chi connectivity index (χ1n) is 8.51. The summed E-state index contributed by atoms with van der Waals surface area (Å²) >= 11 is 1.56. The Morgan fingerprint density at radius 2 is 1.93 bits per heavy atom. The molecule has 136 valence electrons. The van der Waals surface area contributed by atoms with Crippen molar-refractivity contribution in [1.29, 1.82) is 5.26 Å². The van der Waals surface area contributed by atoms with E-state index in [0.29, 0.717) is 17.0 Å². The largest absolute Gasteiger partial charge is 0.496 e. The third kappa shape index (κ3) is 2.30. The van der Waals surface area contributed by atoms with Crippen molar-refractivity contribution in [2.45, 2.75) is 27.7 Å². The molecule has 0 aliphatic rings. The molecule has 0 aliphatic carbocycles. The first kappa shape index (κ1) is 17.3. The van der Waals surface area contributed by atoms with E-state index in [1.165, 1.54) is 0 Å². The maximum absolute atomic E-state index is 9.81. The highest BCUT2D eigenvalue weighted by molar-refractivity contribution is 7.19. The van der Waals surface area contributed by atoms with Crippen LogP contribution in [0.3, 0.4) is 0 Å². The number of nitrogen functional groups attached to an aromatic ring is 1. The number of aromatic nitrogens is 3. The topological polar surface area (TPSA) is 89.8 Å². The van der Waals surface area contributed by atoms with Gasteiger partial charge in [-0.05, 0) is 39.3 Å². The van der Waals surface area contributed by atoms with Crippen molar-refractivity contribution in [1.82, 2.24) is 14.5 Å². The average molecular weight is 377 g/mol. The Kier molecular flexibility index (Phi) is 3.82. The van der Waals surface area contributed by atoms with Gasteiger partial charge >= 0.3 is 0 Å². The molecule has 27 heavy (non-hydrogen) atoms. The van der Waals surface area contributed by atoms with Crippen LogP contribution in [0.4, 0.5) is 5.82 Å². The number of rotatable bonds is 2. The molecular formula is C20H19N5OS. The van der Waals surface area contributed by atoms with E-state index in [-0.39, 0.29) is 0 Å². The molecule has 1 aromatic carbocycles. The standard InChI is InChI=1S/C20H19N5OS/c1-9-6-7-14(26-5)10(2)16(9)25-17-15(13(8-21)19(25)22)11(3)23-20-18(17)27-12(4)24-20/h6-7H,22H2,1-5H3. The molecule has 2 N–H and O–H groups in total. The second-order valence-electron chi connectivity index (χ2n) is 6.57. The number of methoxy groups -OCH3 is 1. The first-order chi connectivity index (χ1) is 12.9. The van der Waals surface area contributed by atoms with E-state index in [9.17, 15) is 5.26 Å². The van der Waals surface area contributed by atoms with Crippen LogP contribution in [0, 0.1) is 39.0 Å². The molecule has 0 saturated heterocycles. The quantitative estimate of drug-likeness (QED) is 0.561. The van der Waals surface area contributed by atoms with Gasteiger partial charge < -0.3 is 10.5 Å². The number of ether oxygens (including phenoxy) is 1. The molecule has 0 aliphatic heterocycles. The van der Waals surface area contributed by atoms with Gasteiger partial charge in [-0.3, -0.25) is 4.57 Å². The van der Waals surface area contributed by atoms with Crippen LogP contribution in [0.15, 0.2) is 12.1 Å². The van der Waals surface area contributed by atoms with Crippen LogP contribution in [0.25, 0.3) is 26.9 Å². The predicted molar refractivity (Wildman–Crippen MR) is 109 cm³/mol. The van der Waals surface area contributed by atoms with Gasteiger partial charge in [-0.1, -0.05) is 6.07 Å². The normalized spacial score (nSPS) is 11.3. The summed E-state index contributed by atoms with van der Waals surface area (Å²) in [5.74, 6) is 1.19. The number of benzene rings is 1. The molecule has 7 heteroatoms. The Morgan fingerprint density at radius 3 is 2.59 bits per heavy atom. The fourth-order valence-corrected chi connectivity index (χ4v) is 4.65. The van der Waals surface area contributed by atoms with Crippen LogP contribution >= 0.6 is 11.3 Å². The molecule has 3 heterocycles. The monoisotopic (exact) mass is 377 g/mol. The van der Waals surface area contributed by atoms with Crippen molar-refractivity contribution in [3.05, 3.63) is 39.5 Å². The predicted octanol–water partition coefficient (Wildman–Crippen LogP) is 4.33. The molecule has 0 atom stereocenters. The summed E-state index contributed by atoms with van der Waals surface area (Å²) in [7, 11) is 1.65. The van der Waals surface area contributed by atoms with Gasteiger partial charge in [-0.25, -0.2) is 9.97 Å². The van der Waals surface area contributed by atoms with Gasteiger partial charge in [-0.2, -0.15) is 5.26 Å². The van der Waals surface area contributed by atoms with E-state index in [1.807, 2.05) is 44.4 Å². The molecule has 3 aromatic heterocycles. The van der Waals surface area contributed by atoms with Crippen LogP contribution < -0.4 is 10.5 Å². The number of fused-ring (bicyclic) bond motifs is 3. The van der Waals surface area contributed by atoms with Crippen molar-refractivity contribution in [2.75, 3.05) is 12.8 Å². The lowest BCUT2D eigenvalue weighted by atomic mass is 10.1. The first-order valence-corrected chi connectivity index (χ1v) is 9.33. The summed E-state index contributed by atoms with van der Waals surface area (Å²) in [6.45, 7) is 7.88. The van der Waals surface area contributed by atoms with Crippen LogP contribution in [-0.2, 0) is 0 Å². The lowest BCUT2D eigenvalue weighted by Gasteiger charge is -2.17. The van der Waals surface area contributed by atoms with Gasteiger partial charge in [0, 0.05) is 10.9 Å². The van der Waals surface area contributed by atoms with E-state index in [1.54, 1.807) is 18.4 Å². The molecule has 0 saturated carbocycles. The molecule has 0 amide bonds. The van der Waals surface area contributed by atoms with E-state index in [2.05, 4.69) is 16.0 Å². The maximum Gasteiger partial charge on any atom is 0.172 e. The van der Waals surface area contributed by atoms with Gasteiger partial charge in [0.25, 0.3) is 0 Å². The molecule has 0 bridgehead atoms. The Bertz CT molecular complexity index is 1280. The van der Waals surface area contributed by atoms with Crippen LogP contribution in [0.5, 0.6) is 5.75 Å². The number of nitrogens with two attached hydrogens (primary N) is 1. The zero-order valence-corrected chi connectivity index (χ0v) is 16.7. The van der Waals surface area contributed by atoms with E-state index in [4.69, 9.17) is 10.5 Å². The van der Waals surface area contributed by atoms with E-state index >= 15 is 0 Å². The van der Waals surface area contributed by atoms with Crippen LogP contribution in [0.1, 0.15) is 27.4 Å². The molecule has 4 aromatic rings. The molecule has 0 fully saturated rings. The highest BCUT2D eigenvalue weighted by Crippen LogP contribution is 2.41. The number of hydrogen-bond donors (Lipinski definition) is 1. The minimum Gasteiger partial charge on any atom is -0.496 e. The van der Waals surface area contributed by atoms with E-state index < -0.39 is 0 Å². The van der Waals surface area contributed by atoms with Crippen LogP contribution in [-0.4, -0.2) is 21.6 Å². The number of aryl methyl sites for hydroxylation is 3. The van der Waals surface area contributed by atoms with Gasteiger partial charge in [0.1, 0.15) is 23.2 Å². The second-order valence-corrected chi connectivity index (χ2v) is 7.78. The molecule has 6 nitrogen and oxygen atoms in total. The second kappa shape index (κ2) is 5.96. The summed E-state index contributed by atoms with van der Waals surface area (Å²) in [6.07, 6.45) is 0. The summed E-state index contributed by atoms with van der Waals surface area (Å²) in [4.78, 5) is 9.16. The van der Waals surface area contributed by atoms with Gasteiger partial charge in [0.15, 0.2) is 5.65 Å². The SMILES string of the molecule is COc1ccc(C)c(-n2c(N)c(C#N)c3c(C)nc4nc(C)sc4c32)c1C. The summed E-state index contributed by atoms with van der Waals surface area (Å²) in [6, 6.07) is 6.22. The molecule has 4 rings (SSSR count). The summed E-state index contributed by atoms with van der Waals surface area (Å²) < 4.78 is 8.42. The number of hydrogen-bond acceptors (Lipinski definition) is 6. The zero-order valence-electron chi connectivity index (χ0n) is 15.8. The van der Waals surface area contributed by atoms with Gasteiger partial charge in [0.05, 0.1) is 33.7 Å².